The number of carbonyl (C=O) groups is 5. The molecule has 20 nitrogen and oxygen atoms in total. The number of amides is 2. The third kappa shape index (κ3) is 19.2. The van der Waals surface area contributed by atoms with Gasteiger partial charge in [0.25, 0.3) is 5.91 Å². The van der Waals surface area contributed by atoms with Crippen LogP contribution in [0.1, 0.15) is 131 Å². The number of hydrogen-bond donors (Lipinski definition) is 3. The minimum atomic E-state index is -5.16. The number of ketones is 2. The molecule has 0 aromatic heterocycles. The maximum atomic E-state index is 15.2. The largest absolute Gasteiger partial charge is 1.00 e. The first-order valence-electron chi connectivity index (χ1n) is 24.5. The van der Waals surface area contributed by atoms with Crippen LogP contribution >= 0.6 is 12.0 Å². The Kier molecular flexibility index (Phi) is 27.0. The van der Waals surface area contributed by atoms with Gasteiger partial charge >= 0.3 is 65.1 Å². The number of Topliss-reactive ketones (excluding diaryl/α,β-unsaturated/α-hetero) is 2. The molecule has 26 heteroatoms. The van der Waals surface area contributed by atoms with Crippen LogP contribution in [0.4, 0.5) is 27.1 Å². The van der Waals surface area contributed by atoms with Crippen molar-refractivity contribution in [2.75, 3.05) is 17.2 Å². The Morgan fingerprint density at radius 3 is 2.04 bits per heavy atom. The van der Waals surface area contributed by atoms with Gasteiger partial charge in [-0.05, 0) is 92.2 Å². The number of azo groups is 1. The second-order valence-corrected chi connectivity index (χ2v) is 23.2. The maximum absolute atomic E-state index is 15.2. The molecule has 2 unspecified atom stereocenters. The van der Waals surface area contributed by atoms with E-state index in [9.17, 15) is 50.6 Å². The van der Waals surface area contributed by atoms with Crippen LogP contribution in [0.15, 0.2) is 85.6 Å². The van der Waals surface area contributed by atoms with Crippen molar-refractivity contribution in [3.63, 3.8) is 0 Å². The molecule has 77 heavy (non-hydrogen) atoms. The summed E-state index contributed by atoms with van der Waals surface area (Å²) in [5.41, 5.74) is -3.98. The van der Waals surface area contributed by atoms with Crippen molar-refractivity contribution in [3.05, 3.63) is 66.5 Å². The number of nitrogens with zero attached hydrogens (tertiary/aromatic N) is 2. The number of benzene rings is 4. The molecule has 0 heterocycles. The first kappa shape index (κ1) is 67.5. The predicted octanol–water partition coefficient (Wildman–Crippen LogP) is 3.75. The molecule has 0 spiro atoms. The SMILES string of the molecule is CCCCCCCCCCCCNS(=O)(=O)c1ccc(F)c(NC(=O)C(Oc2ccc(N=Nc3c(SOO[O-])cc4cc(S(=O)(=O)[O-])cc(NC(C)=O)c4c3OC(=O)C3(C)CCCCC3=O)cc2)C(=O)C(C)(C)C)c1.[Na+].[Na+]. The summed E-state index contributed by atoms with van der Waals surface area (Å²) >= 11 is 0.227. The minimum Gasteiger partial charge on any atom is -0.744 e. The van der Waals surface area contributed by atoms with Crippen LogP contribution in [-0.2, 0) is 53.5 Å². The molecule has 5 rings (SSSR count). The van der Waals surface area contributed by atoms with E-state index in [2.05, 4.69) is 41.9 Å². The van der Waals surface area contributed by atoms with Gasteiger partial charge < -0.3 is 29.9 Å². The summed E-state index contributed by atoms with van der Waals surface area (Å²) in [7, 11) is -9.28. The van der Waals surface area contributed by atoms with E-state index in [1.807, 2.05) is 0 Å². The number of nitrogens with one attached hydrogen (secondary N) is 3. The van der Waals surface area contributed by atoms with E-state index in [-0.39, 0.29) is 134 Å². The third-order valence-corrected chi connectivity index (χ3v) is 15.2. The Bertz CT molecular complexity index is 3000. The van der Waals surface area contributed by atoms with E-state index in [4.69, 9.17) is 9.47 Å². The first-order chi connectivity index (χ1) is 35.4. The number of sulfonamides is 1. The van der Waals surface area contributed by atoms with Crippen molar-refractivity contribution in [2.24, 2.45) is 21.1 Å². The number of unbranched alkanes of at least 4 members (excludes halogenated alkanes) is 9. The molecule has 1 saturated carbocycles. The van der Waals surface area contributed by atoms with E-state index in [1.165, 1.54) is 90.1 Å². The standard InChI is InChI=1S/C51H64FN5O15S3.2Na/c1-7-8-9-10-11-12-13-14-15-18-27-53-74(64,65)36-24-25-38(52)39(30-36)55-48(61)46(47(60)50(3,4)5)69-35-22-20-34(21-23-35)56-57-44-41(73-72-71-63)29-33-28-37(75(66,67)68)31-40(54-32(2)58)43(33)45(44)70-49(62)51(6)26-17-16-19-42(51)59;;/h20-25,28-31,46,53,63H,7-19,26-27H2,1-6H3,(H,54,58)(H,55,61)(H,66,67,68);;/q;2*+1/p-2. The molecular formula is C51H62FN5Na2O15S3. The van der Waals surface area contributed by atoms with Gasteiger partial charge in [-0.25, -0.2) is 25.9 Å². The van der Waals surface area contributed by atoms with Crippen molar-refractivity contribution in [2.45, 2.75) is 152 Å². The number of ether oxygens (including phenoxy) is 2. The fourth-order valence-corrected chi connectivity index (χ4v) is 10.2. The fourth-order valence-electron chi connectivity index (χ4n) is 8.11. The van der Waals surface area contributed by atoms with Gasteiger partial charge in [0.05, 0.1) is 49.2 Å². The summed E-state index contributed by atoms with van der Waals surface area (Å²) in [6, 6.07) is 11.1. The molecule has 0 saturated heterocycles. The van der Waals surface area contributed by atoms with Gasteiger partial charge in [0, 0.05) is 25.3 Å². The topological polar surface area (TPSA) is 297 Å². The van der Waals surface area contributed by atoms with Gasteiger partial charge in [0.1, 0.15) is 38.6 Å². The van der Waals surface area contributed by atoms with Crippen molar-refractivity contribution < 1.29 is 133 Å². The number of esters is 1. The zero-order chi connectivity index (χ0) is 55.1. The Hall–Kier alpha value is -3.73. The number of halogens is 1. The van der Waals surface area contributed by atoms with Crippen LogP contribution in [0, 0.1) is 16.6 Å². The van der Waals surface area contributed by atoms with Gasteiger partial charge in [0.2, 0.25) is 22.0 Å². The molecule has 1 aliphatic rings. The van der Waals surface area contributed by atoms with Gasteiger partial charge in [-0.2, -0.15) is 9.45 Å². The predicted molar refractivity (Wildman–Crippen MR) is 273 cm³/mol. The first-order valence-corrected chi connectivity index (χ1v) is 28.1. The van der Waals surface area contributed by atoms with Gasteiger partial charge in [-0.1, -0.05) is 91.9 Å². The van der Waals surface area contributed by atoms with Crippen molar-refractivity contribution in [1.29, 1.82) is 0 Å². The van der Waals surface area contributed by atoms with Crippen LogP contribution in [-0.4, -0.2) is 63.4 Å². The van der Waals surface area contributed by atoms with Gasteiger partial charge in [-0.3, -0.25) is 29.0 Å². The van der Waals surface area contributed by atoms with Crippen LogP contribution in [0.3, 0.4) is 0 Å². The van der Waals surface area contributed by atoms with Crippen molar-refractivity contribution >= 4 is 95.1 Å². The molecule has 2 amide bonds. The average Bonchev–Trinajstić information content (AvgIpc) is 3.34. The summed E-state index contributed by atoms with van der Waals surface area (Å²) in [4.78, 5) is 65.9. The molecule has 408 valence electrons. The number of fused-ring (bicyclic) bond motifs is 1. The van der Waals surface area contributed by atoms with Crippen LogP contribution in [0.25, 0.3) is 10.8 Å². The summed E-state index contributed by atoms with van der Waals surface area (Å²) in [5.74, 6) is -5.55. The Morgan fingerprint density at radius 1 is 0.831 bits per heavy atom. The summed E-state index contributed by atoms with van der Waals surface area (Å²) in [6.45, 7) is 9.43. The van der Waals surface area contributed by atoms with E-state index in [0.29, 0.717) is 19.3 Å². The maximum Gasteiger partial charge on any atom is 1.00 e. The number of anilines is 2. The van der Waals surface area contributed by atoms with E-state index in [0.717, 1.165) is 62.9 Å². The quantitative estimate of drug-likeness (QED) is 0.00732. The monoisotopic (exact) mass is 1150 g/mol. The Morgan fingerprint density at radius 2 is 1.45 bits per heavy atom. The van der Waals surface area contributed by atoms with Gasteiger partial charge in [0.15, 0.2) is 11.5 Å². The summed E-state index contributed by atoms with van der Waals surface area (Å²) in [6.07, 6.45) is 10.0. The summed E-state index contributed by atoms with van der Waals surface area (Å²) in [5, 5.41) is 27.6. The second-order valence-electron chi connectivity index (χ2n) is 19.3. The Labute approximate surface area is 497 Å². The third-order valence-electron chi connectivity index (χ3n) is 12.3. The minimum absolute atomic E-state index is 0. The van der Waals surface area contributed by atoms with Crippen LogP contribution in [0.2, 0.25) is 0 Å². The Balaban J connectivity index is 0.00000780. The molecule has 1 aliphatic carbocycles. The molecule has 4 aromatic rings. The molecule has 1 fully saturated rings. The van der Waals surface area contributed by atoms with E-state index in [1.54, 1.807) is 0 Å². The second kappa shape index (κ2) is 30.7. The summed E-state index contributed by atoms with van der Waals surface area (Å²) < 4.78 is 97.4. The fraction of sp³-hybridized carbons (Fsp3) is 0.471. The molecule has 3 N–H and O–H groups in total. The number of carbonyl (C=O) groups excluding carboxylic acids is 5. The normalized spacial score (nSPS) is 15.3. The van der Waals surface area contributed by atoms with Crippen molar-refractivity contribution in [1.82, 2.24) is 4.72 Å². The zero-order valence-corrected chi connectivity index (χ0v) is 51.0. The van der Waals surface area contributed by atoms with Crippen LogP contribution < -0.4 is 89.2 Å². The molecular weight excluding hydrogens is 1080 g/mol. The molecule has 2 atom stereocenters. The van der Waals surface area contributed by atoms with E-state index >= 15 is 4.39 Å². The number of hydrogen-bond acceptors (Lipinski definition) is 18. The zero-order valence-electron chi connectivity index (χ0n) is 44.6. The molecule has 0 bridgehead atoms. The van der Waals surface area contributed by atoms with Crippen LogP contribution in [0.5, 0.6) is 11.5 Å². The molecule has 0 aliphatic heterocycles. The average molecular weight is 1150 g/mol. The van der Waals surface area contributed by atoms with E-state index < -0.39 is 88.6 Å². The van der Waals surface area contributed by atoms with Crippen molar-refractivity contribution in [3.8, 4) is 11.5 Å². The smallest absolute Gasteiger partial charge is 0.744 e. The molecule has 4 aromatic carbocycles. The number of rotatable bonds is 27. The van der Waals surface area contributed by atoms with Gasteiger partial charge in [-0.15, -0.1) is 5.11 Å². The molecule has 0 radical (unpaired) electrons.